The molecule has 0 saturated carbocycles. The van der Waals surface area contributed by atoms with Gasteiger partial charge in [0.1, 0.15) is 5.82 Å². The molecule has 0 aliphatic carbocycles. The number of nitrogen functional groups attached to an aromatic ring is 1. The van der Waals surface area contributed by atoms with Gasteiger partial charge in [0.15, 0.2) is 5.82 Å². The summed E-state index contributed by atoms with van der Waals surface area (Å²) in [4.78, 5) is 8.85. The molecule has 1 aromatic rings. The van der Waals surface area contributed by atoms with Crippen molar-refractivity contribution in [3.63, 3.8) is 0 Å². The first-order valence-electron chi connectivity index (χ1n) is 6.27. The summed E-state index contributed by atoms with van der Waals surface area (Å²) in [6.45, 7) is 1.93. The lowest BCUT2D eigenvalue weighted by Gasteiger charge is -2.29. The molecule has 1 aliphatic rings. The third-order valence-electron chi connectivity index (χ3n) is 3.27. The maximum atomic E-state index is 6.27. The summed E-state index contributed by atoms with van der Waals surface area (Å²) in [5.41, 5.74) is 2.50. The van der Waals surface area contributed by atoms with Crippen LogP contribution in [0.2, 0.25) is 10.0 Å². The van der Waals surface area contributed by atoms with E-state index in [0.29, 0.717) is 21.9 Å². The van der Waals surface area contributed by atoms with E-state index in [2.05, 4.69) is 34.3 Å². The van der Waals surface area contributed by atoms with E-state index in [4.69, 9.17) is 29.0 Å². The molecule has 1 unspecified atom stereocenters. The van der Waals surface area contributed by atoms with Crippen LogP contribution < -0.4 is 16.2 Å². The van der Waals surface area contributed by atoms with Gasteiger partial charge in [0, 0.05) is 19.1 Å². The highest BCUT2D eigenvalue weighted by molar-refractivity contribution is 6.37. The topological polar surface area (TPSA) is 57.4 Å². The molecule has 1 fully saturated rings. The van der Waals surface area contributed by atoms with Crippen molar-refractivity contribution in [2.45, 2.75) is 18.9 Å². The number of hydrazine groups is 1. The number of likely N-dealkylation sites (N-methyl/N-ethyl adjacent to an activating group) is 1. The third-order valence-corrected chi connectivity index (χ3v) is 3.84. The first-order chi connectivity index (χ1) is 9.02. The lowest BCUT2D eigenvalue weighted by Crippen LogP contribution is -2.38. The summed E-state index contributed by atoms with van der Waals surface area (Å²) in [6, 6.07) is 2.11. The molecule has 1 atom stereocenters. The second-order valence-corrected chi connectivity index (χ2v) is 5.83. The number of pyridine rings is 1. The van der Waals surface area contributed by atoms with Crippen LogP contribution in [0.4, 0.5) is 11.6 Å². The van der Waals surface area contributed by atoms with Crippen molar-refractivity contribution in [1.82, 2.24) is 9.88 Å². The fourth-order valence-corrected chi connectivity index (χ4v) is 3.01. The van der Waals surface area contributed by atoms with Crippen molar-refractivity contribution in [1.29, 1.82) is 0 Å². The van der Waals surface area contributed by atoms with Gasteiger partial charge >= 0.3 is 0 Å². The molecule has 2 rings (SSSR count). The van der Waals surface area contributed by atoms with E-state index >= 15 is 0 Å². The summed E-state index contributed by atoms with van der Waals surface area (Å²) in [5.74, 6) is 6.63. The number of nitrogens with one attached hydrogen (secondary N) is 1. The number of halogens is 2. The number of hydrogen-bond donors (Lipinski definition) is 2. The molecule has 0 aromatic carbocycles. The molecule has 1 aliphatic heterocycles. The number of nitrogens with zero attached hydrogens (tertiary/aromatic N) is 3. The Bertz CT molecular complexity index is 452. The number of hydrogen-bond acceptors (Lipinski definition) is 5. The Morgan fingerprint density at radius 3 is 2.84 bits per heavy atom. The van der Waals surface area contributed by atoms with Gasteiger partial charge in [0.05, 0.1) is 10.0 Å². The normalized spacial score (nSPS) is 19.3. The first-order valence-corrected chi connectivity index (χ1v) is 7.02. The van der Waals surface area contributed by atoms with E-state index in [1.165, 1.54) is 0 Å². The molecule has 1 aromatic heterocycles. The highest BCUT2D eigenvalue weighted by Gasteiger charge is 2.28. The van der Waals surface area contributed by atoms with Crippen molar-refractivity contribution in [3.8, 4) is 0 Å². The molecule has 106 valence electrons. The molecule has 0 bridgehead atoms. The first kappa shape index (κ1) is 14.7. The summed E-state index contributed by atoms with van der Waals surface area (Å²) in [6.07, 6.45) is 2.29. The molecule has 0 amide bonds. The number of rotatable bonds is 4. The van der Waals surface area contributed by atoms with Gasteiger partial charge in [-0.25, -0.2) is 10.8 Å². The number of anilines is 2. The van der Waals surface area contributed by atoms with Crippen LogP contribution in [0.25, 0.3) is 0 Å². The van der Waals surface area contributed by atoms with Crippen LogP contribution in [0.5, 0.6) is 0 Å². The lowest BCUT2D eigenvalue weighted by atomic mass is 10.2. The van der Waals surface area contributed by atoms with E-state index in [9.17, 15) is 0 Å². The molecule has 5 nitrogen and oxygen atoms in total. The van der Waals surface area contributed by atoms with Gasteiger partial charge in [-0.05, 0) is 33.0 Å². The van der Waals surface area contributed by atoms with E-state index in [1.807, 2.05) is 0 Å². The number of aromatic nitrogens is 1. The van der Waals surface area contributed by atoms with Crippen LogP contribution >= 0.6 is 23.2 Å². The van der Waals surface area contributed by atoms with Crippen molar-refractivity contribution in [2.75, 3.05) is 37.5 Å². The van der Waals surface area contributed by atoms with Crippen molar-refractivity contribution in [2.24, 2.45) is 5.84 Å². The molecule has 0 radical (unpaired) electrons. The molecule has 1 saturated heterocycles. The van der Waals surface area contributed by atoms with Crippen LogP contribution in [0, 0.1) is 0 Å². The molecule has 0 spiro atoms. The standard InChI is InChI=1S/C12H19Cl2N5/c1-18(2)7-8-4-3-5-19(8)12-10(14)6-9(13)11(16-12)17-15/h6,8H,3-5,7,15H2,1-2H3,(H,16,17). The van der Waals surface area contributed by atoms with E-state index < -0.39 is 0 Å². The fourth-order valence-electron chi connectivity index (χ4n) is 2.49. The molecular formula is C12H19Cl2N5. The number of nitrogens with two attached hydrogens (primary N) is 1. The Balaban J connectivity index is 2.29. The zero-order chi connectivity index (χ0) is 14.0. The van der Waals surface area contributed by atoms with Crippen LogP contribution in [0.15, 0.2) is 6.07 Å². The third kappa shape index (κ3) is 3.23. The summed E-state index contributed by atoms with van der Waals surface area (Å²) in [5, 5.41) is 0.995. The molecular weight excluding hydrogens is 285 g/mol. The second-order valence-electron chi connectivity index (χ2n) is 5.02. The minimum Gasteiger partial charge on any atom is -0.351 e. The Labute approximate surface area is 123 Å². The Kier molecular flexibility index (Phi) is 4.73. The van der Waals surface area contributed by atoms with Gasteiger partial charge in [0.2, 0.25) is 0 Å². The van der Waals surface area contributed by atoms with Crippen LogP contribution in [0.3, 0.4) is 0 Å². The minimum absolute atomic E-state index is 0.423. The SMILES string of the molecule is CN(C)CC1CCCN1c1nc(NN)c(Cl)cc1Cl. The zero-order valence-electron chi connectivity index (χ0n) is 11.2. The Morgan fingerprint density at radius 2 is 2.21 bits per heavy atom. The predicted octanol–water partition coefficient (Wildman–Crippen LogP) is 2.20. The highest BCUT2D eigenvalue weighted by atomic mass is 35.5. The predicted molar refractivity (Wildman–Crippen MR) is 81.0 cm³/mol. The second kappa shape index (κ2) is 6.13. The maximum absolute atomic E-state index is 6.27. The zero-order valence-corrected chi connectivity index (χ0v) is 12.7. The van der Waals surface area contributed by atoms with Crippen molar-refractivity contribution < 1.29 is 0 Å². The van der Waals surface area contributed by atoms with Gasteiger partial charge in [-0.2, -0.15) is 0 Å². The van der Waals surface area contributed by atoms with Crippen LogP contribution in [-0.2, 0) is 0 Å². The van der Waals surface area contributed by atoms with Gasteiger partial charge in [-0.3, -0.25) is 0 Å². The van der Waals surface area contributed by atoms with Gasteiger partial charge < -0.3 is 15.2 Å². The van der Waals surface area contributed by atoms with E-state index in [-0.39, 0.29) is 0 Å². The summed E-state index contributed by atoms with van der Waals surface area (Å²) < 4.78 is 0. The van der Waals surface area contributed by atoms with Gasteiger partial charge in [-0.15, -0.1) is 0 Å². The van der Waals surface area contributed by atoms with Crippen molar-refractivity contribution >= 4 is 34.8 Å². The summed E-state index contributed by atoms with van der Waals surface area (Å²) >= 11 is 12.3. The van der Waals surface area contributed by atoms with Crippen LogP contribution in [0.1, 0.15) is 12.8 Å². The summed E-state index contributed by atoms with van der Waals surface area (Å²) in [7, 11) is 4.14. The van der Waals surface area contributed by atoms with Crippen molar-refractivity contribution in [3.05, 3.63) is 16.1 Å². The highest BCUT2D eigenvalue weighted by Crippen LogP contribution is 2.34. The van der Waals surface area contributed by atoms with Crippen LogP contribution in [-0.4, -0.2) is 43.1 Å². The molecule has 7 heteroatoms. The largest absolute Gasteiger partial charge is 0.351 e. The monoisotopic (exact) mass is 303 g/mol. The molecule has 3 N–H and O–H groups in total. The fraction of sp³-hybridized carbons (Fsp3) is 0.583. The smallest absolute Gasteiger partial charge is 0.161 e. The molecule has 19 heavy (non-hydrogen) atoms. The minimum atomic E-state index is 0.423. The lowest BCUT2D eigenvalue weighted by molar-refractivity contribution is 0.371. The Morgan fingerprint density at radius 1 is 1.47 bits per heavy atom. The quantitative estimate of drug-likeness (QED) is 0.660. The van der Waals surface area contributed by atoms with Gasteiger partial charge in [-0.1, -0.05) is 23.2 Å². The van der Waals surface area contributed by atoms with E-state index in [0.717, 1.165) is 31.7 Å². The average molecular weight is 304 g/mol. The average Bonchev–Trinajstić information content (AvgIpc) is 2.76. The van der Waals surface area contributed by atoms with E-state index in [1.54, 1.807) is 6.07 Å². The van der Waals surface area contributed by atoms with Gasteiger partial charge in [0.25, 0.3) is 0 Å². The molecule has 2 heterocycles. The maximum Gasteiger partial charge on any atom is 0.161 e. The Hall–Kier alpha value is -0.750.